The number of nitrogens with zero attached hydrogens (tertiary/aromatic N) is 1. The van der Waals surface area contributed by atoms with Gasteiger partial charge in [0.15, 0.2) is 0 Å². The normalized spacial score (nSPS) is 18.7. The number of sulfonamides is 1. The maximum atomic E-state index is 13.1. The Morgan fingerprint density at radius 1 is 1.22 bits per heavy atom. The van der Waals surface area contributed by atoms with E-state index in [0.29, 0.717) is 29.2 Å². The molecule has 1 N–H and O–H groups in total. The second-order valence-corrected chi connectivity index (χ2v) is 7.67. The van der Waals surface area contributed by atoms with E-state index in [1.165, 1.54) is 4.31 Å². The Labute approximate surface area is 137 Å². The lowest BCUT2D eigenvalue weighted by molar-refractivity contribution is 0.344. The van der Waals surface area contributed by atoms with E-state index in [9.17, 15) is 8.42 Å². The van der Waals surface area contributed by atoms with Gasteiger partial charge in [-0.15, -0.1) is 0 Å². The first kappa shape index (κ1) is 16.2. The van der Waals surface area contributed by atoms with Crippen LogP contribution < -0.4 is 10.1 Å². The zero-order valence-electron chi connectivity index (χ0n) is 13.5. The van der Waals surface area contributed by atoms with Gasteiger partial charge in [0.25, 0.3) is 0 Å². The number of hydrogen-bond donors (Lipinski definition) is 1. The number of fused-ring (bicyclic) bond motifs is 1. The van der Waals surface area contributed by atoms with Gasteiger partial charge in [0.05, 0.1) is 11.5 Å². The summed E-state index contributed by atoms with van der Waals surface area (Å²) in [5.41, 5.74) is 0. The van der Waals surface area contributed by atoms with Gasteiger partial charge < -0.3 is 10.1 Å². The molecule has 1 aliphatic heterocycles. The average molecular weight is 334 g/mol. The molecule has 0 saturated carbocycles. The fourth-order valence-corrected chi connectivity index (χ4v) is 4.63. The molecule has 0 bridgehead atoms. The smallest absolute Gasteiger partial charge is 0.243 e. The minimum atomic E-state index is -3.54. The number of rotatable bonds is 5. The van der Waals surface area contributed by atoms with Crippen molar-refractivity contribution in [3.63, 3.8) is 0 Å². The highest BCUT2D eigenvalue weighted by Crippen LogP contribution is 2.33. The highest BCUT2D eigenvalue weighted by atomic mass is 32.2. The SMILES string of the molecule is CCOc1ccc(S(=O)(=O)N(C)C2CCNC2)c2ccccc12. The number of benzene rings is 2. The molecule has 23 heavy (non-hydrogen) atoms. The predicted molar refractivity (Wildman–Crippen MR) is 91.3 cm³/mol. The van der Waals surface area contributed by atoms with Gasteiger partial charge in [0.2, 0.25) is 10.0 Å². The molecular weight excluding hydrogens is 312 g/mol. The third-order valence-electron chi connectivity index (χ3n) is 4.35. The Balaban J connectivity index is 2.10. The third-order valence-corrected chi connectivity index (χ3v) is 6.32. The first-order valence-electron chi connectivity index (χ1n) is 7.89. The van der Waals surface area contributed by atoms with Crippen molar-refractivity contribution in [2.45, 2.75) is 24.3 Å². The fourth-order valence-electron chi connectivity index (χ4n) is 3.05. The molecule has 0 aliphatic carbocycles. The van der Waals surface area contributed by atoms with Gasteiger partial charge in [0.1, 0.15) is 5.75 Å². The first-order valence-corrected chi connectivity index (χ1v) is 9.33. The van der Waals surface area contributed by atoms with E-state index < -0.39 is 10.0 Å². The summed E-state index contributed by atoms with van der Waals surface area (Å²) in [7, 11) is -1.88. The standard InChI is InChI=1S/C17H22N2O3S/c1-3-22-16-8-9-17(15-7-5-4-6-14(15)16)23(20,21)19(2)13-10-11-18-12-13/h4-9,13,18H,3,10-12H2,1-2H3. The highest BCUT2D eigenvalue weighted by Gasteiger charge is 2.31. The Morgan fingerprint density at radius 3 is 2.61 bits per heavy atom. The van der Waals surface area contributed by atoms with Crippen LogP contribution in [0.2, 0.25) is 0 Å². The third kappa shape index (κ3) is 2.94. The van der Waals surface area contributed by atoms with E-state index in [-0.39, 0.29) is 6.04 Å². The molecule has 0 spiro atoms. The van der Waals surface area contributed by atoms with E-state index in [0.717, 1.165) is 18.4 Å². The van der Waals surface area contributed by atoms with Crippen molar-refractivity contribution in [3.8, 4) is 5.75 Å². The molecule has 1 fully saturated rings. The van der Waals surface area contributed by atoms with Crippen LogP contribution in [-0.2, 0) is 10.0 Å². The van der Waals surface area contributed by atoms with Crippen molar-refractivity contribution in [2.24, 2.45) is 0 Å². The Morgan fingerprint density at radius 2 is 1.96 bits per heavy atom. The topological polar surface area (TPSA) is 58.6 Å². The number of hydrogen-bond acceptors (Lipinski definition) is 4. The van der Waals surface area contributed by atoms with E-state index in [2.05, 4.69) is 5.32 Å². The van der Waals surface area contributed by atoms with E-state index in [1.54, 1.807) is 19.2 Å². The fraction of sp³-hybridized carbons (Fsp3) is 0.412. The van der Waals surface area contributed by atoms with Crippen LogP contribution in [-0.4, -0.2) is 45.5 Å². The van der Waals surface area contributed by atoms with Gasteiger partial charge >= 0.3 is 0 Å². The highest BCUT2D eigenvalue weighted by molar-refractivity contribution is 7.89. The summed E-state index contributed by atoms with van der Waals surface area (Å²) < 4.78 is 33.2. The van der Waals surface area contributed by atoms with Crippen molar-refractivity contribution in [2.75, 3.05) is 26.7 Å². The van der Waals surface area contributed by atoms with Gasteiger partial charge in [-0.05, 0) is 32.0 Å². The minimum absolute atomic E-state index is 0.00494. The zero-order chi connectivity index (χ0) is 16.4. The van der Waals surface area contributed by atoms with Crippen molar-refractivity contribution in [1.29, 1.82) is 0 Å². The van der Waals surface area contributed by atoms with E-state index in [1.807, 2.05) is 31.2 Å². The molecule has 0 radical (unpaired) electrons. The zero-order valence-corrected chi connectivity index (χ0v) is 14.3. The van der Waals surface area contributed by atoms with Crippen molar-refractivity contribution >= 4 is 20.8 Å². The predicted octanol–water partition coefficient (Wildman–Crippen LogP) is 2.22. The molecule has 3 rings (SSSR count). The monoisotopic (exact) mass is 334 g/mol. The van der Waals surface area contributed by atoms with Crippen LogP contribution in [0.15, 0.2) is 41.3 Å². The van der Waals surface area contributed by atoms with Crippen LogP contribution in [0.1, 0.15) is 13.3 Å². The molecule has 0 aromatic heterocycles. The lowest BCUT2D eigenvalue weighted by atomic mass is 10.1. The van der Waals surface area contributed by atoms with Crippen LogP contribution in [0.5, 0.6) is 5.75 Å². The molecule has 2 aromatic rings. The molecule has 124 valence electrons. The Kier molecular flexibility index (Phi) is 4.57. The number of likely N-dealkylation sites (N-methyl/N-ethyl adjacent to an activating group) is 1. The Hall–Kier alpha value is -1.63. The summed E-state index contributed by atoms with van der Waals surface area (Å²) in [5.74, 6) is 0.715. The maximum absolute atomic E-state index is 13.1. The van der Waals surface area contributed by atoms with E-state index in [4.69, 9.17) is 4.74 Å². The second kappa shape index (κ2) is 6.47. The second-order valence-electron chi connectivity index (χ2n) is 5.71. The van der Waals surface area contributed by atoms with Gasteiger partial charge in [-0.25, -0.2) is 8.42 Å². The van der Waals surface area contributed by atoms with Crippen LogP contribution >= 0.6 is 0 Å². The lowest BCUT2D eigenvalue weighted by Crippen LogP contribution is -2.38. The first-order chi connectivity index (χ1) is 11.1. The van der Waals surface area contributed by atoms with Crippen molar-refractivity contribution in [1.82, 2.24) is 9.62 Å². The van der Waals surface area contributed by atoms with Crippen molar-refractivity contribution in [3.05, 3.63) is 36.4 Å². The maximum Gasteiger partial charge on any atom is 0.243 e. The summed E-state index contributed by atoms with van der Waals surface area (Å²) >= 11 is 0. The average Bonchev–Trinajstić information content (AvgIpc) is 3.08. The van der Waals surface area contributed by atoms with Gasteiger partial charge in [-0.3, -0.25) is 0 Å². The molecule has 1 unspecified atom stereocenters. The van der Waals surface area contributed by atoms with Crippen LogP contribution in [0, 0.1) is 0 Å². The molecule has 1 saturated heterocycles. The lowest BCUT2D eigenvalue weighted by Gasteiger charge is -2.24. The molecular formula is C17H22N2O3S. The molecule has 6 heteroatoms. The molecule has 1 aliphatic rings. The molecule has 5 nitrogen and oxygen atoms in total. The van der Waals surface area contributed by atoms with Crippen LogP contribution in [0.4, 0.5) is 0 Å². The van der Waals surface area contributed by atoms with Gasteiger partial charge in [-0.1, -0.05) is 24.3 Å². The summed E-state index contributed by atoms with van der Waals surface area (Å²) in [5, 5.41) is 4.75. The number of nitrogens with one attached hydrogen (secondary N) is 1. The quantitative estimate of drug-likeness (QED) is 0.911. The summed E-state index contributed by atoms with van der Waals surface area (Å²) in [6, 6.07) is 10.9. The number of ether oxygens (including phenoxy) is 1. The van der Waals surface area contributed by atoms with E-state index >= 15 is 0 Å². The van der Waals surface area contributed by atoms with Crippen molar-refractivity contribution < 1.29 is 13.2 Å². The van der Waals surface area contributed by atoms with Crippen LogP contribution in [0.25, 0.3) is 10.8 Å². The minimum Gasteiger partial charge on any atom is -0.493 e. The molecule has 0 amide bonds. The van der Waals surface area contributed by atoms with Gasteiger partial charge in [-0.2, -0.15) is 4.31 Å². The molecule has 1 heterocycles. The summed E-state index contributed by atoms with van der Waals surface area (Å²) in [4.78, 5) is 0.339. The summed E-state index contributed by atoms with van der Waals surface area (Å²) in [6.07, 6.45) is 0.838. The Bertz CT molecular complexity index is 799. The van der Waals surface area contributed by atoms with Crippen LogP contribution in [0.3, 0.4) is 0 Å². The summed E-state index contributed by atoms with van der Waals surface area (Å²) in [6.45, 7) is 4.02. The van der Waals surface area contributed by atoms with Gasteiger partial charge in [0, 0.05) is 30.4 Å². The molecule has 2 aromatic carbocycles. The molecule has 1 atom stereocenters. The largest absolute Gasteiger partial charge is 0.493 e.